The van der Waals surface area contributed by atoms with Crippen LogP contribution in [0, 0.1) is 0 Å². The van der Waals surface area contributed by atoms with Crippen LogP contribution in [0.5, 0.6) is 0 Å². The van der Waals surface area contributed by atoms with Gasteiger partial charge in [-0.1, -0.05) is 30.3 Å². The number of hydrogen-bond donors (Lipinski definition) is 1. The van der Waals surface area contributed by atoms with Crippen LogP contribution < -0.4 is 5.32 Å². The van der Waals surface area contributed by atoms with Crippen LogP contribution in [0.15, 0.2) is 30.3 Å². The first-order valence-corrected chi connectivity index (χ1v) is 6.56. The minimum Gasteiger partial charge on any atom is -0.310 e. The Bertz CT molecular complexity index is 345. The second-order valence-corrected chi connectivity index (χ2v) is 5.79. The van der Waals surface area contributed by atoms with Gasteiger partial charge in [0.2, 0.25) is 0 Å². The van der Waals surface area contributed by atoms with Crippen molar-refractivity contribution in [2.45, 2.75) is 44.8 Å². The molecule has 1 aliphatic rings. The molecule has 1 saturated heterocycles. The molecule has 2 rings (SSSR count). The van der Waals surface area contributed by atoms with Crippen molar-refractivity contribution in [2.24, 2.45) is 0 Å². The fraction of sp³-hybridized carbons (Fsp3) is 0.600. The highest BCUT2D eigenvalue weighted by Crippen LogP contribution is 2.25. The average molecular weight is 232 g/mol. The predicted octanol–water partition coefficient (Wildman–Crippen LogP) is 2.65. The molecule has 1 aromatic rings. The van der Waals surface area contributed by atoms with E-state index in [0.717, 1.165) is 6.54 Å². The summed E-state index contributed by atoms with van der Waals surface area (Å²) in [6, 6.07) is 11.3. The molecule has 1 atom stereocenters. The molecule has 17 heavy (non-hydrogen) atoms. The number of likely N-dealkylation sites (tertiary alicyclic amines) is 1. The van der Waals surface area contributed by atoms with Crippen LogP contribution in [0.2, 0.25) is 0 Å². The lowest BCUT2D eigenvalue weighted by atomic mass is 9.87. The second-order valence-electron chi connectivity index (χ2n) is 5.79. The Hall–Kier alpha value is -0.860. The van der Waals surface area contributed by atoms with Crippen LogP contribution in [0.4, 0.5) is 0 Å². The van der Waals surface area contributed by atoms with Gasteiger partial charge in [-0.25, -0.2) is 0 Å². The second kappa shape index (κ2) is 5.19. The molecule has 2 heteroatoms. The third-order valence-corrected chi connectivity index (χ3v) is 4.03. The normalized spacial score (nSPS) is 24.8. The van der Waals surface area contributed by atoms with Gasteiger partial charge < -0.3 is 10.2 Å². The summed E-state index contributed by atoms with van der Waals surface area (Å²) in [6.45, 7) is 6.86. The molecule has 1 aromatic carbocycles. The zero-order valence-corrected chi connectivity index (χ0v) is 11.2. The number of nitrogens with one attached hydrogen (secondary N) is 1. The zero-order valence-electron chi connectivity index (χ0n) is 11.2. The Morgan fingerprint density at radius 1 is 1.29 bits per heavy atom. The van der Waals surface area contributed by atoms with E-state index in [1.54, 1.807) is 0 Å². The fourth-order valence-electron chi connectivity index (χ4n) is 2.55. The lowest BCUT2D eigenvalue weighted by molar-refractivity contribution is 0.0850. The average Bonchev–Trinajstić information content (AvgIpc) is 2.32. The SMILES string of the molecule is CN1CCC(NCc2ccccc2)CC1(C)C. The summed E-state index contributed by atoms with van der Waals surface area (Å²) >= 11 is 0. The van der Waals surface area contributed by atoms with Crippen LogP contribution in [0.1, 0.15) is 32.3 Å². The number of hydrogen-bond acceptors (Lipinski definition) is 2. The van der Waals surface area contributed by atoms with Crippen LogP contribution in [0.3, 0.4) is 0 Å². The molecule has 0 amide bonds. The van der Waals surface area contributed by atoms with Gasteiger partial charge in [0.15, 0.2) is 0 Å². The molecule has 0 aromatic heterocycles. The summed E-state index contributed by atoms with van der Waals surface area (Å²) in [4.78, 5) is 2.47. The lowest BCUT2D eigenvalue weighted by Gasteiger charge is -2.43. The standard InChI is InChI=1S/C15H24N2/c1-15(2)11-14(9-10-17(15)3)16-12-13-7-5-4-6-8-13/h4-8,14,16H,9-12H2,1-3H3. The summed E-state index contributed by atoms with van der Waals surface area (Å²) in [6.07, 6.45) is 2.49. The zero-order chi connectivity index (χ0) is 12.3. The highest BCUT2D eigenvalue weighted by Gasteiger charge is 2.31. The van der Waals surface area contributed by atoms with E-state index in [1.807, 2.05) is 0 Å². The molecular weight excluding hydrogens is 208 g/mol. The molecule has 0 saturated carbocycles. The maximum Gasteiger partial charge on any atom is 0.0208 e. The lowest BCUT2D eigenvalue weighted by Crippen LogP contribution is -2.52. The molecule has 2 nitrogen and oxygen atoms in total. The van der Waals surface area contributed by atoms with Gasteiger partial charge in [0.25, 0.3) is 0 Å². The van der Waals surface area contributed by atoms with E-state index in [4.69, 9.17) is 0 Å². The minimum absolute atomic E-state index is 0.326. The molecule has 1 heterocycles. The molecule has 0 bridgehead atoms. The molecule has 94 valence electrons. The van der Waals surface area contributed by atoms with Gasteiger partial charge in [-0.05, 0) is 45.8 Å². The summed E-state index contributed by atoms with van der Waals surface area (Å²) in [5.74, 6) is 0. The highest BCUT2D eigenvalue weighted by atomic mass is 15.2. The van der Waals surface area contributed by atoms with Crippen molar-refractivity contribution < 1.29 is 0 Å². The topological polar surface area (TPSA) is 15.3 Å². The largest absolute Gasteiger partial charge is 0.310 e. The van der Waals surface area contributed by atoms with Crippen LogP contribution in [-0.4, -0.2) is 30.1 Å². The summed E-state index contributed by atoms with van der Waals surface area (Å²) in [5.41, 5.74) is 1.70. The Labute approximate surface area is 105 Å². The molecule has 1 fully saturated rings. The van der Waals surface area contributed by atoms with E-state index in [2.05, 4.69) is 61.4 Å². The van der Waals surface area contributed by atoms with Gasteiger partial charge in [0.05, 0.1) is 0 Å². The first kappa shape index (κ1) is 12.6. The van der Waals surface area contributed by atoms with E-state index >= 15 is 0 Å². The fourth-order valence-corrected chi connectivity index (χ4v) is 2.55. The summed E-state index contributed by atoms with van der Waals surface area (Å²) < 4.78 is 0. The Morgan fingerprint density at radius 2 is 2.00 bits per heavy atom. The van der Waals surface area contributed by atoms with Crippen molar-refractivity contribution >= 4 is 0 Å². The monoisotopic (exact) mass is 232 g/mol. The third kappa shape index (κ3) is 3.30. The Morgan fingerprint density at radius 3 is 2.65 bits per heavy atom. The summed E-state index contributed by atoms with van der Waals surface area (Å²) in [5, 5.41) is 3.69. The molecular formula is C15H24N2. The van der Waals surface area contributed by atoms with E-state index in [9.17, 15) is 0 Å². The van der Waals surface area contributed by atoms with E-state index in [0.29, 0.717) is 11.6 Å². The van der Waals surface area contributed by atoms with E-state index in [-0.39, 0.29) is 0 Å². The molecule has 1 N–H and O–H groups in total. The van der Waals surface area contributed by atoms with Crippen molar-refractivity contribution in [3.8, 4) is 0 Å². The number of piperidine rings is 1. The Balaban J connectivity index is 1.85. The van der Waals surface area contributed by atoms with Crippen molar-refractivity contribution in [1.82, 2.24) is 10.2 Å². The smallest absolute Gasteiger partial charge is 0.0208 e. The first-order chi connectivity index (χ1) is 8.08. The first-order valence-electron chi connectivity index (χ1n) is 6.56. The molecule has 0 radical (unpaired) electrons. The maximum absolute atomic E-state index is 3.69. The Kier molecular flexibility index (Phi) is 3.85. The maximum atomic E-state index is 3.69. The number of benzene rings is 1. The number of rotatable bonds is 3. The van der Waals surface area contributed by atoms with Gasteiger partial charge >= 0.3 is 0 Å². The van der Waals surface area contributed by atoms with E-state index in [1.165, 1.54) is 24.9 Å². The molecule has 1 aliphatic heterocycles. The molecule has 1 unspecified atom stereocenters. The van der Waals surface area contributed by atoms with Gasteiger partial charge in [-0.3, -0.25) is 0 Å². The third-order valence-electron chi connectivity index (χ3n) is 4.03. The minimum atomic E-state index is 0.326. The van der Waals surface area contributed by atoms with Gasteiger partial charge in [0.1, 0.15) is 0 Å². The van der Waals surface area contributed by atoms with Crippen molar-refractivity contribution in [1.29, 1.82) is 0 Å². The van der Waals surface area contributed by atoms with Gasteiger partial charge in [-0.2, -0.15) is 0 Å². The van der Waals surface area contributed by atoms with Crippen molar-refractivity contribution in [2.75, 3.05) is 13.6 Å². The summed E-state index contributed by atoms with van der Waals surface area (Å²) in [7, 11) is 2.23. The van der Waals surface area contributed by atoms with Crippen LogP contribution in [0.25, 0.3) is 0 Å². The van der Waals surface area contributed by atoms with E-state index < -0.39 is 0 Å². The highest BCUT2D eigenvalue weighted by molar-refractivity contribution is 5.14. The molecule has 0 aliphatic carbocycles. The molecule has 0 spiro atoms. The number of nitrogens with zero attached hydrogens (tertiary/aromatic N) is 1. The van der Waals surface area contributed by atoms with Crippen molar-refractivity contribution in [3.63, 3.8) is 0 Å². The van der Waals surface area contributed by atoms with Gasteiger partial charge in [-0.15, -0.1) is 0 Å². The van der Waals surface area contributed by atoms with Crippen LogP contribution in [-0.2, 0) is 6.54 Å². The van der Waals surface area contributed by atoms with Gasteiger partial charge in [0, 0.05) is 18.1 Å². The van der Waals surface area contributed by atoms with Crippen molar-refractivity contribution in [3.05, 3.63) is 35.9 Å². The predicted molar refractivity (Wildman–Crippen MR) is 73.0 cm³/mol. The quantitative estimate of drug-likeness (QED) is 0.862. The van der Waals surface area contributed by atoms with Crippen LogP contribution >= 0.6 is 0 Å².